The zero-order chi connectivity index (χ0) is 31.4. The minimum absolute atomic E-state index is 0. The van der Waals surface area contributed by atoms with Gasteiger partial charge in [0.15, 0.2) is 0 Å². The molecule has 248 valence electrons. The van der Waals surface area contributed by atoms with Gasteiger partial charge in [0.25, 0.3) is 0 Å². The number of fused-ring (bicyclic) bond motifs is 2. The average molecular weight is 1270 g/mol. The number of cyclic esters (lactones) is 2. The van der Waals surface area contributed by atoms with E-state index in [-0.39, 0.29) is 53.7 Å². The molecule has 0 spiro atoms. The van der Waals surface area contributed by atoms with E-state index in [1.54, 1.807) is 6.26 Å². The fourth-order valence-corrected chi connectivity index (χ4v) is 7.55. The number of carbonyl (C=O) groups excluding carboxylic acids is 2. The fourth-order valence-electron chi connectivity index (χ4n) is 7.55. The predicted molar refractivity (Wildman–Crippen MR) is 210 cm³/mol. The van der Waals surface area contributed by atoms with Gasteiger partial charge in [-0.3, -0.25) is 14.4 Å². The number of carboxylic acids is 1. The zero-order valence-corrected chi connectivity index (χ0v) is 38.8. The standard InChI is InChI=1S/C10H16O2.C10H14O2.C10H18O2.I3.I2.HI/c2*1-6-3-4-8-7(2)5-12-10(11)9(6)8;1-6(2)8-5-4-7(3)9(8)10(11)12;1-3-2;1-2;/h6-9H,3-5H2,1-2H3;5-6,8-9H,3-4H2,1-2H3;6-9H,4-5H2,1-3H3,(H,11,12);;;1H/q;;;-1;;. The van der Waals surface area contributed by atoms with Crippen molar-refractivity contribution in [2.45, 2.75) is 87.0 Å². The molecule has 1 N–H and O–H groups in total. The maximum absolute atomic E-state index is 11.4. The molecular weight excluding hydrogens is 1220 g/mol. The molecule has 2 aliphatic heterocycles. The number of ether oxygens (including phenoxy) is 2. The molecule has 5 aliphatic rings. The van der Waals surface area contributed by atoms with Crippen LogP contribution in [0.4, 0.5) is 0 Å². The summed E-state index contributed by atoms with van der Waals surface area (Å²) in [5.41, 5.74) is 1.24. The van der Waals surface area contributed by atoms with Crippen molar-refractivity contribution in [1.29, 1.82) is 0 Å². The summed E-state index contributed by atoms with van der Waals surface area (Å²) in [5, 5.41) is 9.00. The van der Waals surface area contributed by atoms with Gasteiger partial charge in [-0.15, -0.1) is 24.0 Å². The van der Waals surface area contributed by atoms with Crippen molar-refractivity contribution < 1.29 is 42.2 Å². The summed E-state index contributed by atoms with van der Waals surface area (Å²) in [6, 6.07) is 0. The van der Waals surface area contributed by atoms with Crippen LogP contribution in [0.1, 0.15) is 87.0 Å². The first-order valence-corrected chi connectivity index (χ1v) is 33.5. The van der Waals surface area contributed by atoms with Gasteiger partial charge >= 0.3 is 68.4 Å². The van der Waals surface area contributed by atoms with Gasteiger partial charge in [0.1, 0.15) is 0 Å². The molecule has 5 rings (SSSR count). The first-order valence-electron chi connectivity index (χ1n) is 14.6. The van der Waals surface area contributed by atoms with E-state index in [9.17, 15) is 14.4 Å². The van der Waals surface area contributed by atoms with Crippen LogP contribution in [-0.4, -0.2) is 29.6 Å². The van der Waals surface area contributed by atoms with E-state index in [1.165, 1.54) is 18.4 Å². The van der Waals surface area contributed by atoms with E-state index in [1.807, 2.05) is 0 Å². The number of aliphatic carboxylic acids is 1. The Hall–Kier alpha value is 2.53. The number of halogens is 6. The fraction of sp³-hybridized carbons (Fsp3) is 0.833. The predicted octanol–water partition coefficient (Wildman–Crippen LogP) is 7.51. The summed E-state index contributed by atoms with van der Waals surface area (Å²) >= 11 is 9.54. The van der Waals surface area contributed by atoms with Crippen LogP contribution >= 0.6 is 98.4 Å². The Morgan fingerprint density at radius 1 is 0.881 bits per heavy atom. The molecule has 0 radical (unpaired) electrons. The normalized spacial score (nSPS) is 35.9. The van der Waals surface area contributed by atoms with Crippen LogP contribution in [0.3, 0.4) is 0 Å². The Labute approximate surface area is 324 Å². The molecule has 42 heavy (non-hydrogen) atoms. The van der Waals surface area contributed by atoms with Gasteiger partial charge in [-0.2, -0.15) is 0 Å². The van der Waals surface area contributed by atoms with Crippen molar-refractivity contribution in [3.05, 3.63) is 11.8 Å². The van der Waals surface area contributed by atoms with E-state index < -0.39 is 5.97 Å². The summed E-state index contributed by atoms with van der Waals surface area (Å²) in [4.78, 5) is 33.7. The number of carbonyl (C=O) groups is 3. The molecule has 0 bridgehead atoms. The molecule has 3 saturated carbocycles. The van der Waals surface area contributed by atoms with Crippen LogP contribution in [0.2, 0.25) is 0 Å². The average Bonchev–Trinajstić information content (AvgIpc) is 3.64. The van der Waals surface area contributed by atoms with Crippen LogP contribution in [0.5, 0.6) is 0 Å². The zero-order valence-electron chi connectivity index (χ0n) is 25.7. The van der Waals surface area contributed by atoms with E-state index in [0.29, 0.717) is 67.2 Å². The number of carboxylic acid groups (broad SMARTS) is 1. The summed E-state index contributed by atoms with van der Waals surface area (Å²) < 4.78 is 10.1. The van der Waals surface area contributed by atoms with Crippen LogP contribution in [0.15, 0.2) is 11.8 Å². The van der Waals surface area contributed by atoms with Crippen molar-refractivity contribution in [3.8, 4) is 0 Å². The van der Waals surface area contributed by atoms with Crippen molar-refractivity contribution in [2.24, 2.45) is 65.1 Å². The molecule has 3 aliphatic carbocycles. The van der Waals surface area contributed by atoms with E-state index in [0.717, 1.165) is 25.7 Å². The second-order valence-corrected chi connectivity index (χ2v) is 29.0. The van der Waals surface area contributed by atoms with Crippen LogP contribution in [0.25, 0.3) is 0 Å². The third kappa shape index (κ3) is 12.9. The van der Waals surface area contributed by atoms with Crippen molar-refractivity contribution in [3.63, 3.8) is 0 Å². The summed E-state index contributed by atoms with van der Waals surface area (Å²) in [7, 11) is 0. The summed E-state index contributed by atoms with van der Waals surface area (Å²) in [5.74, 6) is 3.71. The molecule has 6 nitrogen and oxygen atoms in total. The van der Waals surface area contributed by atoms with Gasteiger partial charge in [0, 0.05) is 37.2 Å². The molecule has 0 aromatic carbocycles. The van der Waals surface area contributed by atoms with Gasteiger partial charge in [-0.1, -0.05) is 41.5 Å². The Morgan fingerprint density at radius 2 is 1.40 bits per heavy atom. The maximum atomic E-state index is 11.4. The number of rotatable bonds is 2. The van der Waals surface area contributed by atoms with E-state index >= 15 is 0 Å². The molecule has 12 heteroatoms. The van der Waals surface area contributed by atoms with Gasteiger partial charge < -0.3 is 14.6 Å². The number of hydrogen-bond donors (Lipinski definition) is 1. The SMILES string of the molecule is CC(C)C1CCC(C)C1C(=O)O.CC1=COC(=O)C2C(C)CCC12.CC1COC(=O)C2C(C)CCC12.I.II.I[I-]I. The Kier molecular flexibility index (Phi) is 24.4. The summed E-state index contributed by atoms with van der Waals surface area (Å²) in [6.07, 6.45) is 8.55. The number of allylic oxidation sites excluding steroid dienone is 1. The first kappa shape index (κ1) is 44.5. The van der Waals surface area contributed by atoms with Crippen molar-refractivity contribution >= 4 is 116 Å². The Morgan fingerprint density at radius 3 is 1.88 bits per heavy atom. The van der Waals surface area contributed by atoms with E-state index in [2.05, 4.69) is 123 Å². The van der Waals surface area contributed by atoms with Gasteiger partial charge in [0.05, 0.1) is 30.6 Å². The van der Waals surface area contributed by atoms with Gasteiger partial charge in [-0.05, 0) is 98.4 Å². The third-order valence-corrected chi connectivity index (χ3v) is 9.89. The second kappa shape index (κ2) is 23.0. The van der Waals surface area contributed by atoms with E-state index in [4.69, 9.17) is 14.6 Å². The summed E-state index contributed by atoms with van der Waals surface area (Å²) in [6.45, 7) is 15.5. The van der Waals surface area contributed by atoms with Crippen molar-refractivity contribution in [2.75, 3.05) is 6.61 Å². The number of hydrogen-bond acceptors (Lipinski definition) is 5. The van der Waals surface area contributed by atoms with Crippen LogP contribution in [0, 0.1) is 65.1 Å². The second-order valence-electron chi connectivity index (χ2n) is 12.7. The molecule has 0 aromatic heterocycles. The number of esters is 2. The quantitative estimate of drug-likeness (QED) is 0.228. The molecular formula is C30H49I6O6-. The molecule has 0 amide bonds. The molecule has 10 atom stereocenters. The molecule has 4 fully saturated rings. The van der Waals surface area contributed by atoms with Crippen molar-refractivity contribution in [1.82, 2.24) is 0 Å². The monoisotopic (exact) mass is 1270 g/mol. The Balaban J connectivity index is 0.000000551. The van der Waals surface area contributed by atoms with Crippen LogP contribution < -0.4 is 13.3 Å². The molecule has 2 heterocycles. The minimum atomic E-state index is -0.598. The first-order chi connectivity index (χ1) is 19.3. The third-order valence-electron chi connectivity index (χ3n) is 9.89. The molecule has 0 aromatic rings. The van der Waals surface area contributed by atoms with Crippen LogP contribution in [-0.2, 0) is 23.9 Å². The molecule has 1 saturated heterocycles. The molecule has 10 unspecified atom stereocenters. The topological polar surface area (TPSA) is 89.9 Å². The van der Waals surface area contributed by atoms with Gasteiger partial charge in [-0.25, -0.2) is 0 Å². The Bertz CT molecular complexity index is 857. The van der Waals surface area contributed by atoms with Gasteiger partial charge in [0.2, 0.25) is 0 Å².